The number of para-hydroxylation sites is 1. The Hall–Kier alpha value is -2.46. The van der Waals surface area contributed by atoms with Gasteiger partial charge in [0.05, 0.1) is 12.1 Å². The number of anilines is 1. The molecule has 0 unspecified atom stereocenters. The van der Waals surface area contributed by atoms with Crippen LogP contribution in [0.15, 0.2) is 48.5 Å². The molecule has 2 aromatic carbocycles. The Morgan fingerprint density at radius 1 is 1.07 bits per heavy atom. The van der Waals surface area contributed by atoms with Gasteiger partial charge in [-0.1, -0.05) is 70.2 Å². The van der Waals surface area contributed by atoms with Crippen LogP contribution in [0, 0.1) is 0 Å². The highest BCUT2D eigenvalue weighted by Gasteiger charge is 2.50. The van der Waals surface area contributed by atoms with Crippen molar-refractivity contribution in [1.29, 1.82) is 0 Å². The van der Waals surface area contributed by atoms with Crippen molar-refractivity contribution in [3.8, 4) is 0 Å². The molecule has 0 fully saturated rings. The topological polar surface area (TPSA) is 57.6 Å². The van der Waals surface area contributed by atoms with E-state index in [0.717, 1.165) is 12.0 Å². The van der Waals surface area contributed by atoms with Gasteiger partial charge in [-0.05, 0) is 23.5 Å². The lowest BCUT2D eigenvalue weighted by atomic mass is 9.85. The van der Waals surface area contributed by atoms with Gasteiger partial charge >= 0.3 is 0 Å². The highest BCUT2D eigenvalue weighted by molar-refractivity contribution is 6.10. The molecule has 3 rings (SSSR count). The maximum absolute atomic E-state index is 13.0. The number of rotatable bonds is 5. The van der Waals surface area contributed by atoms with Gasteiger partial charge in [-0.15, -0.1) is 0 Å². The van der Waals surface area contributed by atoms with E-state index in [2.05, 4.69) is 20.8 Å². The van der Waals surface area contributed by atoms with E-state index in [-0.39, 0.29) is 17.6 Å². The molecule has 1 atom stereocenters. The summed E-state index contributed by atoms with van der Waals surface area (Å²) in [4.78, 5) is 27.4. The molecule has 0 radical (unpaired) electrons. The second kappa shape index (κ2) is 6.93. The lowest BCUT2D eigenvalue weighted by Crippen LogP contribution is -2.42. The SMILES string of the molecule is CCCN1C(=O)[C@@](O)(CC(=O)c2ccc(C(C)(C)C)cc2)c2ccccc21. The van der Waals surface area contributed by atoms with Crippen LogP contribution in [0.2, 0.25) is 0 Å². The molecule has 1 aliphatic heterocycles. The lowest BCUT2D eigenvalue weighted by Gasteiger charge is -2.23. The molecule has 1 aliphatic rings. The molecule has 142 valence electrons. The molecule has 0 saturated heterocycles. The number of nitrogens with zero attached hydrogens (tertiary/aromatic N) is 1. The molecule has 4 nitrogen and oxygen atoms in total. The first-order valence-corrected chi connectivity index (χ1v) is 9.46. The van der Waals surface area contributed by atoms with E-state index in [1.807, 2.05) is 31.2 Å². The number of ketones is 1. The monoisotopic (exact) mass is 365 g/mol. The number of carbonyl (C=O) groups excluding carboxylic acids is 2. The fourth-order valence-corrected chi connectivity index (χ4v) is 3.61. The number of hydrogen-bond donors (Lipinski definition) is 1. The predicted octanol–water partition coefficient (Wildman–Crippen LogP) is 4.20. The largest absolute Gasteiger partial charge is 0.375 e. The van der Waals surface area contributed by atoms with Crippen LogP contribution < -0.4 is 4.90 Å². The molecule has 0 aliphatic carbocycles. The number of fused-ring (bicyclic) bond motifs is 1. The zero-order valence-corrected chi connectivity index (χ0v) is 16.5. The van der Waals surface area contributed by atoms with Gasteiger partial charge in [0.2, 0.25) is 0 Å². The van der Waals surface area contributed by atoms with Gasteiger partial charge in [-0.25, -0.2) is 0 Å². The fraction of sp³-hybridized carbons (Fsp3) is 0.391. The second-order valence-corrected chi connectivity index (χ2v) is 8.26. The number of hydrogen-bond acceptors (Lipinski definition) is 3. The highest BCUT2D eigenvalue weighted by atomic mass is 16.3. The fourth-order valence-electron chi connectivity index (χ4n) is 3.61. The number of Topliss-reactive ketones (excluding diaryl/α,β-unsaturated/α-hetero) is 1. The van der Waals surface area contributed by atoms with E-state index in [0.29, 0.717) is 23.4 Å². The minimum Gasteiger partial charge on any atom is -0.375 e. The van der Waals surface area contributed by atoms with E-state index in [1.165, 1.54) is 0 Å². The number of aliphatic hydroxyl groups is 1. The van der Waals surface area contributed by atoms with Crippen molar-refractivity contribution in [2.45, 2.75) is 51.6 Å². The van der Waals surface area contributed by atoms with Crippen LogP contribution in [0.25, 0.3) is 0 Å². The Morgan fingerprint density at radius 3 is 2.30 bits per heavy atom. The summed E-state index contributed by atoms with van der Waals surface area (Å²) in [6.45, 7) is 8.84. The van der Waals surface area contributed by atoms with Gasteiger partial charge in [-0.3, -0.25) is 9.59 Å². The molecule has 1 N–H and O–H groups in total. The summed E-state index contributed by atoms with van der Waals surface area (Å²) in [7, 11) is 0. The minimum atomic E-state index is -1.80. The smallest absolute Gasteiger partial charge is 0.264 e. The molecular formula is C23H27NO3. The van der Waals surface area contributed by atoms with Gasteiger partial charge in [0.15, 0.2) is 11.4 Å². The Morgan fingerprint density at radius 2 is 1.70 bits per heavy atom. The molecule has 1 amide bonds. The molecule has 0 spiro atoms. The van der Waals surface area contributed by atoms with Gasteiger partial charge in [-0.2, -0.15) is 0 Å². The molecule has 0 aromatic heterocycles. The van der Waals surface area contributed by atoms with Crippen molar-refractivity contribution in [1.82, 2.24) is 0 Å². The van der Waals surface area contributed by atoms with Gasteiger partial charge in [0.25, 0.3) is 5.91 Å². The van der Waals surface area contributed by atoms with Crippen molar-refractivity contribution in [2.24, 2.45) is 0 Å². The first-order valence-electron chi connectivity index (χ1n) is 9.46. The van der Waals surface area contributed by atoms with Gasteiger partial charge in [0.1, 0.15) is 0 Å². The third-order valence-corrected chi connectivity index (χ3v) is 5.18. The van der Waals surface area contributed by atoms with Crippen molar-refractivity contribution < 1.29 is 14.7 Å². The average molecular weight is 365 g/mol. The summed E-state index contributed by atoms with van der Waals surface area (Å²) in [6.07, 6.45) is 0.524. The summed E-state index contributed by atoms with van der Waals surface area (Å²) in [5, 5.41) is 11.2. The predicted molar refractivity (Wildman–Crippen MR) is 107 cm³/mol. The summed E-state index contributed by atoms with van der Waals surface area (Å²) in [5.41, 5.74) is 1.06. The van der Waals surface area contributed by atoms with Crippen molar-refractivity contribution in [2.75, 3.05) is 11.4 Å². The molecule has 4 heteroatoms. The first-order chi connectivity index (χ1) is 12.7. The van der Waals surface area contributed by atoms with Gasteiger partial charge in [0, 0.05) is 17.7 Å². The van der Waals surface area contributed by atoms with E-state index in [1.54, 1.807) is 29.2 Å². The maximum atomic E-state index is 13.0. The maximum Gasteiger partial charge on any atom is 0.264 e. The quantitative estimate of drug-likeness (QED) is 0.808. The number of benzene rings is 2. The minimum absolute atomic E-state index is 0.000785. The standard InChI is InChI=1S/C23H27NO3/c1-5-14-24-19-9-7-6-8-18(19)23(27,21(24)26)15-20(25)16-10-12-17(13-11-16)22(2,3)4/h6-13,27H,5,14-15H2,1-4H3/t23-/m1/s1. The Bertz CT molecular complexity index is 864. The summed E-state index contributed by atoms with van der Waals surface area (Å²) < 4.78 is 0. The first kappa shape index (κ1) is 19.3. The van der Waals surface area contributed by atoms with Gasteiger partial charge < -0.3 is 10.0 Å². The van der Waals surface area contributed by atoms with E-state index in [9.17, 15) is 14.7 Å². The van der Waals surface area contributed by atoms with Crippen LogP contribution in [-0.2, 0) is 15.8 Å². The lowest BCUT2D eigenvalue weighted by molar-refractivity contribution is -0.135. The molecular weight excluding hydrogens is 338 g/mol. The van der Waals surface area contributed by atoms with Crippen LogP contribution in [0.4, 0.5) is 5.69 Å². The highest BCUT2D eigenvalue weighted by Crippen LogP contribution is 2.42. The summed E-state index contributed by atoms with van der Waals surface area (Å²) in [6, 6.07) is 14.6. The van der Waals surface area contributed by atoms with Crippen LogP contribution in [0.3, 0.4) is 0 Å². The van der Waals surface area contributed by atoms with Crippen molar-refractivity contribution in [3.05, 3.63) is 65.2 Å². The molecule has 0 bridgehead atoms. The molecule has 2 aromatic rings. The van der Waals surface area contributed by atoms with Crippen LogP contribution in [-0.4, -0.2) is 23.3 Å². The van der Waals surface area contributed by atoms with E-state index >= 15 is 0 Å². The van der Waals surface area contributed by atoms with Crippen LogP contribution in [0.1, 0.15) is 62.0 Å². The molecule has 0 saturated carbocycles. The zero-order valence-electron chi connectivity index (χ0n) is 16.5. The van der Waals surface area contributed by atoms with Crippen LogP contribution >= 0.6 is 0 Å². The number of amides is 1. The van der Waals surface area contributed by atoms with Crippen LogP contribution in [0.5, 0.6) is 0 Å². The Kier molecular flexibility index (Phi) is 4.96. The molecule has 1 heterocycles. The normalized spacial score (nSPS) is 19.3. The van der Waals surface area contributed by atoms with Crippen molar-refractivity contribution in [3.63, 3.8) is 0 Å². The summed E-state index contributed by atoms with van der Waals surface area (Å²) >= 11 is 0. The zero-order chi connectivity index (χ0) is 19.8. The number of carbonyl (C=O) groups is 2. The molecule has 27 heavy (non-hydrogen) atoms. The second-order valence-electron chi connectivity index (χ2n) is 8.26. The average Bonchev–Trinajstić information content (AvgIpc) is 2.84. The Labute approximate surface area is 160 Å². The third kappa shape index (κ3) is 3.42. The van der Waals surface area contributed by atoms with E-state index in [4.69, 9.17) is 0 Å². The third-order valence-electron chi connectivity index (χ3n) is 5.18. The Balaban J connectivity index is 1.90. The van der Waals surface area contributed by atoms with E-state index < -0.39 is 11.5 Å². The summed E-state index contributed by atoms with van der Waals surface area (Å²) in [5.74, 6) is -0.648. The van der Waals surface area contributed by atoms with Crippen molar-refractivity contribution >= 4 is 17.4 Å².